The van der Waals surface area contributed by atoms with Crippen LogP contribution in [0.4, 0.5) is 11.4 Å². The molecular formula is C13H18N2O4S. The number of sulfonamides is 1. The molecule has 2 unspecified atom stereocenters. The number of nitrogens with one attached hydrogen (secondary N) is 2. The smallest absolute Gasteiger partial charge is 0.229 e. The zero-order chi connectivity index (χ0) is 14.9. The second-order valence-corrected chi connectivity index (χ2v) is 6.85. The second kappa shape index (κ2) is 5.32. The summed E-state index contributed by atoms with van der Waals surface area (Å²) in [6, 6.07) is 4.83. The molecule has 0 spiro atoms. The van der Waals surface area contributed by atoms with Gasteiger partial charge in [0, 0.05) is 11.6 Å². The zero-order valence-corrected chi connectivity index (χ0v) is 12.5. The molecule has 1 saturated carbocycles. The fraction of sp³-hybridized carbons (Fsp3) is 0.462. The summed E-state index contributed by atoms with van der Waals surface area (Å²) in [4.78, 5) is 11.9. The molecular weight excluding hydrogens is 280 g/mol. The number of benzene rings is 1. The van der Waals surface area contributed by atoms with Gasteiger partial charge in [0.1, 0.15) is 5.75 Å². The second-order valence-electron chi connectivity index (χ2n) is 5.10. The first-order valence-corrected chi connectivity index (χ1v) is 8.16. The van der Waals surface area contributed by atoms with Gasteiger partial charge in [-0.25, -0.2) is 8.42 Å². The van der Waals surface area contributed by atoms with E-state index in [1.54, 1.807) is 18.2 Å². The number of carbonyl (C=O) groups is 1. The molecule has 0 aromatic heterocycles. The van der Waals surface area contributed by atoms with E-state index in [9.17, 15) is 13.2 Å². The van der Waals surface area contributed by atoms with E-state index >= 15 is 0 Å². The largest absolute Gasteiger partial charge is 0.495 e. The molecule has 1 aliphatic carbocycles. The fourth-order valence-electron chi connectivity index (χ4n) is 1.99. The van der Waals surface area contributed by atoms with Gasteiger partial charge in [-0.15, -0.1) is 0 Å². The molecule has 0 radical (unpaired) electrons. The number of amides is 1. The van der Waals surface area contributed by atoms with Crippen molar-refractivity contribution in [2.24, 2.45) is 11.8 Å². The van der Waals surface area contributed by atoms with Crippen LogP contribution in [0.1, 0.15) is 13.3 Å². The number of carbonyl (C=O) groups excluding carboxylic acids is 1. The van der Waals surface area contributed by atoms with E-state index in [1.165, 1.54) is 7.11 Å². The van der Waals surface area contributed by atoms with Crippen molar-refractivity contribution in [3.05, 3.63) is 18.2 Å². The van der Waals surface area contributed by atoms with Gasteiger partial charge in [0.05, 0.1) is 19.1 Å². The van der Waals surface area contributed by atoms with Crippen molar-refractivity contribution in [1.29, 1.82) is 0 Å². The number of hydrogen-bond acceptors (Lipinski definition) is 4. The number of hydrogen-bond donors (Lipinski definition) is 2. The maximum absolute atomic E-state index is 11.9. The van der Waals surface area contributed by atoms with Crippen LogP contribution in [0.25, 0.3) is 0 Å². The Morgan fingerprint density at radius 2 is 2.05 bits per heavy atom. The summed E-state index contributed by atoms with van der Waals surface area (Å²) in [5, 5.41) is 2.78. The van der Waals surface area contributed by atoms with Gasteiger partial charge >= 0.3 is 0 Å². The Kier molecular flexibility index (Phi) is 3.89. The van der Waals surface area contributed by atoms with E-state index in [1.807, 2.05) is 6.92 Å². The first-order valence-electron chi connectivity index (χ1n) is 6.27. The third kappa shape index (κ3) is 3.63. The summed E-state index contributed by atoms with van der Waals surface area (Å²) in [5.74, 6) is 0.839. The highest BCUT2D eigenvalue weighted by Gasteiger charge is 2.39. The lowest BCUT2D eigenvalue weighted by molar-refractivity contribution is -0.117. The highest BCUT2D eigenvalue weighted by atomic mass is 32.2. The lowest BCUT2D eigenvalue weighted by Gasteiger charge is -2.12. The summed E-state index contributed by atoms with van der Waals surface area (Å²) in [6.45, 7) is 2.02. The Bertz CT molecular complexity index is 627. The minimum atomic E-state index is -3.41. The minimum absolute atomic E-state index is 0.0343. The Morgan fingerprint density at radius 3 is 2.55 bits per heavy atom. The Balaban J connectivity index is 2.18. The first kappa shape index (κ1) is 14.6. The van der Waals surface area contributed by atoms with Crippen LogP contribution in [0, 0.1) is 11.8 Å². The van der Waals surface area contributed by atoms with Gasteiger partial charge in [0.25, 0.3) is 0 Å². The molecule has 0 saturated heterocycles. The highest BCUT2D eigenvalue weighted by Crippen LogP contribution is 2.39. The van der Waals surface area contributed by atoms with E-state index < -0.39 is 10.0 Å². The van der Waals surface area contributed by atoms with E-state index in [-0.39, 0.29) is 11.8 Å². The summed E-state index contributed by atoms with van der Waals surface area (Å²) < 4.78 is 30.1. The highest BCUT2D eigenvalue weighted by molar-refractivity contribution is 7.92. The van der Waals surface area contributed by atoms with Crippen LogP contribution in [-0.2, 0) is 14.8 Å². The molecule has 110 valence electrons. The average molecular weight is 298 g/mol. The Hall–Kier alpha value is -1.76. The van der Waals surface area contributed by atoms with Crippen molar-refractivity contribution in [3.63, 3.8) is 0 Å². The topological polar surface area (TPSA) is 84.5 Å². The fourth-order valence-corrected chi connectivity index (χ4v) is 2.55. The monoisotopic (exact) mass is 298 g/mol. The van der Waals surface area contributed by atoms with Crippen molar-refractivity contribution < 1.29 is 17.9 Å². The van der Waals surface area contributed by atoms with Crippen LogP contribution < -0.4 is 14.8 Å². The molecule has 2 rings (SSSR count). The molecule has 6 nitrogen and oxygen atoms in total. The van der Waals surface area contributed by atoms with Crippen molar-refractivity contribution in [3.8, 4) is 5.75 Å². The standard InChI is InChI=1S/C13H18N2O4S/c1-8-6-10(8)13(16)14-9-4-5-12(19-2)11(7-9)15-20(3,17)18/h4-5,7-8,10,15H,6H2,1-3H3,(H,14,16). The molecule has 0 heterocycles. The van der Waals surface area contributed by atoms with Crippen molar-refractivity contribution in [1.82, 2.24) is 0 Å². The van der Waals surface area contributed by atoms with E-state index in [2.05, 4.69) is 10.0 Å². The van der Waals surface area contributed by atoms with Crippen molar-refractivity contribution in [2.45, 2.75) is 13.3 Å². The van der Waals surface area contributed by atoms with Crippen molar-refractivity contribution in [2.75, 3.05) is 23.4 Å². The summed E-state index contributed by atoms with van der Waals surface area (Å²) >= 11 is 0. The molecule has 1 fully saturated rings. The average Bonchev–Trinajstić information content (AvgIpc) is 3.05. The number of rotatable bonds is 5. The number of methoxy groups -OCH3 is 1. The van der Waals surface area contributed by atoms with Gasteiger partial charge in [-0.05, 0) is 30.5 Å². The van der Waals surface area contributed by atoms with Gasteiger partial charge in [0.2, 0.25) is 15.9 Å². The molecule has 1 aliphatic rings. The first-order chi connectivity index (χ1) is 9.30. The lowest BCUT2D eigenvalue weighted by atomic mass is 10.2. The van der Waals surface area contributed by atoms with E-state index in [4.69, 9.17) is 4.74 Å². The zero-order valence-electron chi connectivity index (χ0n) is 11.6. The van der Waals surface area contributed by atoms with Crippen LogP contribution in [0.15, 0.2) is 18.2 Å². The molecule has 2 atom stereocenters. The van der Waals surface area contributed by atoms with Gasteiger partial charge in [-0.1, -0.05) is 6.92 Å². The van der Waals surface area contributed by atoms with Crippen LogP contribution in [0.3, 0.4) is 0 Å². The molecule has 20 heavy (non-hydrogen) atoms. The van der Waals surface area contributed by atoms with Crippen LogP contribution >= 0.6 is 0 Å². The molecule has 2 N–H and O–H groups in total. The number of anilines is 2. The van der Waals surface area contributed by atoms with Gasteiger partial charge in [-0.3, -0.25) is 9.52 Å². The quantitative estimate of drug-likeness (QED) is 0.866. The molecule has 1 aromatic carbocycles. The molecule has 1 amide bonds. The maximum atomic E-state index is 11.9. The minimum Gasteiger partial charge on any atom is -0.495 e. The normalized spacial score (nSPS) is 21.1. The van der Waals surface area contributed by atoms with Gasteiger partial charge in [-0.2, -0.15) is 0 Å². The van der Waals surface area contributed by atoms with Crippen LogP contribution in [-0.4, -0.2) is 27.7 Å². The third-order valence-corrected chi connectivity index (χ3v) is 3.80. The number of ether oxygens (including phenoxy) is 1. The summed E-state index contributed by atoms with van der Waals surface area (Å²) in [7, 11) is -1.96. The third-order valence-electron chi connectivity index (χ3n) is 3.21. The SMILES string of the molecule is COc1ccc(NC(=O)C2CC2C)cc1NS(C)(=O)=O. The summed E-state index contributed by atoms with van der Waals surface area (Å²) in [6.07, 6.45) is 1.96. The van der Waals surface area contributed by atoms with Gasteiger partial charge in [0.15, 0.2) is 0 Å². The maximum Gasteiger partial charge on any atom is 0.229 e. The molecule has 0 aliphatic heterocycles. The van der Waals surface area contributed by atoms with Crippen molar-refractivity contribution >= 4 is 27.3 Å². The van der Waals surface area contributed by atoms with Crippen LogP contribution in [0.5, 0.6) is 5.75 Å². The van der Waals surface area contributed by atoms with Crippen LogP contribution in [0.2, 0.25) is 0 Å². The Morgan fingerprint density at radius 1 is 1.40 bits per heavy atom. The predicted octanol–water partition coefficient (Wildman–Crippen LogP) is 1.66. The molecule has 7 heteroatoms. The van der Waals surface area contributed by atoms with E-state index in [0.717, 1.165) is 12.7 Å². The van der Waals surface area contributed by atoms with E-state index in [0.29, 0.717) is 23.0 Å². The lowest BCUT2D eigenvalue weighted by Crippen LogP contribution is -2.15. The predicted molar refractivity (Wildman–Crippen MR) is 77.4 cm³/mol. The molecule has 0 bridgehead atoms. The molecule has 1 aromatic rings. The Labute approximate surface area is 118 Å². The van der Waals surface area contributed by atoms with Gasteiger partial charge < -0.3 is 10.1 Å². The summed E-state index contributed by atoms with van der Waals surface area (Å²) in [5.41, 5.74) is 0.845.